The van der Waals surface area contributed by atoms with Crippen LogP contribution in [-0.2, 0) is 19.1 Å². The van der Waals surface area contributed by atoms with Gasteiger partial charge in [-0.15, -0.1) is 0 Å². The number of anilines is 1. The van der Waals surface area contributed by atoms with Crippen molar-refractivity contribution < 1.29 is 27.8 Å². The third-order valence-corrected chi connectivity index (χ3v) is 3.63. The maximum absolute atomic E-state index is 13.5. The first-order valence-electron chi connectivity index (χ1n) is 5.89. The summed E-state index contributed by atoms with van der Waals surface area (Å²) in [4.78, 5) is 23.4. The summed E-state index contributed by atoms with van der Waals surface area (Å²) in [6, 6.07) is 0.753. The summed E-state index contributed by atoms with van der Waals surface area (Å²) in [6.07, 6.45) is 0.948. The second-order valence-corrected chi connectivity index (χ2v) is 5.92. The van der Waals surface area contributed by atoms with Gasteiger partial charge >= 0.3 is 11.9 Å². The lowest BCUT2D eigenvalue weighted by atomic mass is 10.2. The molecule has 1 fully saturated rings. The molecular weight excluding hydrogens is 387 g/mol. The maximum Gasteiger partial charge on any atom is 0.350 e. The molecule has 1 N–H and O–H groups in total. The Labute approximate surface area is 137 Å². The lowest BCUT2D eigenvalue weighted by molar-refractivity contribution is -0.222. The van der Waals surface area contributed by atoms with E-state index in [1.54, 1.807) is 0 Å². The van der Waals surface area contributed by atoms with Crippen molar-refractivity contribution in [3.05, 3.63) is 39.0 Å². The number of nitrogens with one attached hydrogen (secondary N) is 1. The van der Waals surface area contributed by atoms with Gasteiger partial charge in [-0.3, -0.25) is 0 Å². The monoisotopic (exact) mass is 395 g/mol. The van der Waals surface area contributed by atoms with E-state index >= 15 is 0 Å². The molecule has 0 spiro atoms. The Hall–Kier alpha value is -1.67. The Bertz CT molecular complexity index is 684. The highest BCUT2D eigenvalue weighted by Gasteiger charge is 2.39. The van der Waals surface area contributed by atoms with Crippen molar-refractivity contribution >= 4 is 45.2 Å². The summed E-state index contributed by atoms with van der Waals surface area (Å²) in [5.74, 6) is -5.51. The second-order valence-electron chi connectivity index (χ2n) is 4.72. The minimum atomic E-state index is -1.37. The van der Waals surface area contributed by atoms with E-state index in [9.17, 15) is 18.4 Å². The average molecular weight is 397 g/mol. The molecule has 0 aliphatic carbocycles. The Kier molecular flexibility index (Phi) is 4.44. The third-order valence-electron chi connectivity index (χ3n) is 2.59. The number of carbonyl (C=O) groups is 2. The molecule has 0 unspecified atom stereocenters. The molecule has 0 bridgehead atoms. The predicted octanol–water partition coefficient (Wildman–Crippen LogP) is 3.51. The molecule has 1 heterocycles. The molecule has 2 rings (SSSR count). The predicted molar refractivity (Wildman–Crippen MR) is 77.0 cm³/mol. The van der Waals surface area contributed by atoms with Crippen molar-refractivity contribution in [3.8, 4) is 0 Å². The fraction of sp³-hybridized carbons (Fsp3) is 0.231. The third kappa shape index (κ3) is 3.22. The molecule has 1 aliphatic rings. The smallest absolute Gasteiger partial charge is 0.350 e. The zero-order chi connectivity index (χ0) is 16.7. The molecule has 0 saturated carbocycles. The summed E-state index contributed by atoms with van der Waals surface area (Å²) < 4.78 is 36.1. The van der Waals surface area contributed by atoms with Crippen LogP contribution in [0.15, 0.2) is 22.3 Å². The number of ether oxygens (including phenoxy) is 2. The second kappa shape index (κ2) is 5.85. The minimum absolute atomic E-state index is 0.0569. The van der Waals surface area contributed by atoms with E-state index in [0.717, 1.165) is 12.3 Å². The van der Waals surface area contributed by atoms with Crippen LogP contribution < -0.4 is 5.32 Å². The zero-order valence-corrected chi connectivity index (χ0v) is 13.6. The van der Waals surface area contributed by atoms with Gasteiger partial charge in [0.25, 0.3) is 5.79 Å². The number of hydrogen-bond donors (Lipinski definition) is 1. The summed E-state index contributed by atoms with van der Waals surface area (Å²) in [6.45, 7) is 2.80. The first-order valence-corrected chi connectivity index (χ1v) is 7.06. The summed E-state index contributed by atoms with van der Waals surface area (Å²) in [5, 5.41) is 2.31. The van der Waals surface area contributed by atoms with E-state index in [1.807, 2.05) is 0 Å². The molecule has 1 aromatic carbocycles. The maximum atomic E-state index is 13.5. The van der Waals surface area contributed by atoms with Gasteiger partial charge in [-0.1, -0.05) is 11.6 Å². The van der Waals surface area contributed by atoms with Gasteiger partial charge in [0.1, 0.15) is 0 Å². The van der Waals surface area contributed by atoms with E-state index in [1.165, 1.54) is 13.8 Å². The van der Waals surface area contributed by atoms with Crippen LogP contribution in [0.5, 0.6) is 0 Å². The van der Waals surface area contributed by atoms with Gasteiger partial charge in [-0.25, -0.2) is 18.4 Å². The summed E-state index contributed by atoms with van der Waals surface area (Å²) >= 11 is 8.61. The molecule has 0 atom stereocenters. The Morgan fingerprint density at radius 2 is 1.82 bits per heavy atom. The first-order chi connectivity index (χ1) is 10.1. The molecule has 1 aromatic rings. The molecule has 5 nitrogen and oxygen atoms in total. The lowest BCUT2D eigenvalue weighted by Gasteiger charge is -2.29. The zero-order valence-electron chi connectivity index (χ0n) is 11.3. The van der Waals surface area contributed by atoms with Gasteiger partial charge in [0.15, 0.2) is 17.2 Å². The van der Waals surface area contributed by atoms with Crippen LogP contribution in [0.3, 0.4) is 0 Å². The van der Waals surface area contributed by atoms with Gasteiger partial charge in [-0.05, 0) is 22.0 Å². The quantitative estimate of drug-likeness (QED) is 0.272. The number of carbonyl (C=O) groups excluding carboxylic acids is 2. The number of halogens is 4. The van der Waals surface area contributed by atoms with E-state index in [-0.39, 0.29) is 15.2 Å². The average Bonchev–Trinajstić information content (AvgIpc) is 2.37. The number of esters is 2. The summed E-state index contributed by atoms with van der Waals surface area (Å²) in [5.41, 5.74) is -0.495. The van der Waals surface area contributed by atoms with E-state index < -0.39 is 34.9 Å². The number of rotatable bonds is 2. The van der Waals surface area contributed by atoms with Crippen LogP contribution in [0.4, 0.5) is 14.5 Å². The van der Waals surface area contributed by atoms with Crippen LogP contribution in [0.2, 0.25) is 5.02 Å². The highest BCUT2D eigenvalue weighted by atomic mass is 79.9. The highest BCUT2D eigenvalue weighted by molar-refractivity contribution is 9.10. The van der Waals surface area contributed by atoms with Gasteiger partial charge in [-0.2, -0.15) is 0 Å². The van der Waals surface area contributed by atoms with E-state index in [0.29, 0.717) is 0 Å². The van der Waals surface area contributed by atoms with Crippen LogP contribution in [0, 0.1) is 11.6 Å². The van der Waals surface area contributed by atoms with Gasteiger partial charge in [0.05, 0.1) is 15.2 Å². The normalized spacial score (nSPS) is 16.9. The number of cyclic esters (lactones) is 2. The Balaban J connectivity index is 2.32. The molecule has 22 heavy (non-hydrogen) atoms. The Morgan fingerprint density at radius 1 is 1.27 bits per heavy atom. The van der Waals surface area contributed by atoms with Gasteiger partial charge in [0, 0.05) is 20.0 Å². The summed E-state index contributed by atoms with van der Waals surface area (Å²) in [7, 11) is 0. The molecule has 1 saturated heterocycles. The topological polar surface area (TPSA) is 64.6 Å². The van der Waals surface area contributed by atoms with Crippen LogP contribution >= 0.6 is 27.5 Å². The number of hydrogen-bond acceptors (Lipinski definition) is 5. The van der Waals surface area contributed by atoms with Crippen LogP contribution in [0.25, 0.3) is 0 Å². The van der Waals surface area contributed by atoms with Crippen molar-refractivity contribution in [2.75, 3.05) is 5.32 Å². The van der Waals surface area contributed by atoms with Crippen molar-refractivity contribution in [1.82, 2.24) is 0 Å². The van der Waals surface area contributed by atoms with E-state index in [2.05, 4.69) is 21.2 Å². The molecular formula is C13H9BrClF2NO4. The van der Waals surface area contributed by atoms with Crippen molar-refractivity contribution in [3.63, 3.8) is 0 Å². The molecule has 1 aliphatic heterocycles. The van der Waals surface area contributed by atoms with Crippen LogP contribution in [-0.4, -0.2) is 17.7 Å². The lowest BCUT2D eigenvalue weighted by Crippen LogP contribution is -2.42. The van der Waals surface area contributed by atoms with Gasteiger partial charge in [0.2, 0.25) is 0 Å². The minimum Gasteiger partial charge on any atom is -0.419 e. The van der Waals surface area contributed by atoms with Gasteiger partial charge < -0.3 is 14.8 Å². The molecule has 0 amide bonds. The van der Waals surface area contributed by atoms with Crippen molar-refractivity contribution in [2.24, 2.45) is 0 Å². The molecule has 118 valence electrons. The SMILES string of the molecule is CC1(C)OC(=O)C(=CNc2c(Cl)cc(F)c(F)c2Br)C(=O)O1. The number of benzene rings is 1. The molecule has 0 radical (unpaired) electrons. The standard InChI is InChI=1S/C13H9BrClF2NO4/c1-13(2)21-11(19)5(12(20)22-13)4-18-10-6(15)3-7(16)9(17)8(10)14/h3-4,18H,1-2H3. The van der Waals surface area contributed by atoms with Crippen LogP contribution in [0.1, 0.15) is 13.8 Å². The van der Waals surface area contributed by atoms with E-state index in [4.69, 9.17) is 21.1 Å². The van der Waals surface area contributed by atoms with Crippen molar-refractivity contribution in [1.29, 1.82) is 0 Å². The first kappa shape index (κ1) is 16.7. The fourth-order valence-corrected chi connectivity index (χ4v) is 2.50. The fourth-order valence-electron chi connectivity index (χ4n) is 1.62. The highest BCUT2D eigenvalue weighted by Crippen LogP contribution is 2.35. The van der Waals surface area contributed by atoms with Crippen molar-refractivity contribution in [2.45, 2.75) is 19.6 Å². The molecule has 9 heteroatoms. The molecule has 0 aromatic heterocycles. The largest absolute Gasteiger partial charge is 0.419 e. The Morgan fingerprint density at radius 3 is 2.36 bits per heavy atom.